The lowest BCUT2D eigenvalue weighted by atomic mass is 9.93. The molecule has 0 aliphatic heterocycles. The van der Waals surface area contributed by atoms with Crippen molar-refractivity contribution in [3.05, 3.63) is 18.2 Å². The van der Waals surface area contributed by atoms with Crippen LogP contribution in [0.15, 0.2) is 12.4 Å². The largest absolute Gasteiger partial charge is 0.368 e. The van der Waals surface area contributed by atoms with E-state index in [-0.39, 0.29) is 5.92 Å². The van der Waals surface area contributed by atoms with E-state index in [1.54, 1.807) is 6.20 Å². The minimum Gasteiger partial charge on any atom is -0.368 e. The number of carbonyl (C=O) groups excluding carboxylic acids is 1. The Hall–Kier alpha value is -1.36. The molecule has 0 bridgehead atoms. The SMILES string of the molecule is CC(C)c1nccn1CC(N)(C(N)=O)C1CC1. The van der Waals surface area contributed by atoms with Crippen LogP contribution in [0.1, 0.15) is 38.4 Å². The van der Waals surface area contributed by atoms with E-state index in [9.17, 15) is 4.79 Å². The molecule has 1 amide bonds. The molecule has 0 aromatic carbocycles. The van der Waals surface area contributed by atoms with E-state index in [2.05, 4.69) is 18.8 Å². The van der Waals surface area contributed by atoms with Crippen LogP contribution in [0.3, 0.4) is 0 Å². The Kier molecular flexibility index (Phi) is 2.95. The molecule has 0 radical (unpaired) electrons. The summed E-state index contributed by atoms with van der Waals surface area (Å²) in [5.74, 6) is 1.06. The number of imidazole rings is 1. The average Bonchev–Trinajstić information content (AvgIpc) is 2.99. The lowest BCUT2D eigenvalue weighted by molar-refractivity contribution is -0.124. The average molecular weight is 236 g/mol. The number of aromatic nitrogens is 2. The van der Waals surface area contributed by atoms with Gasteiger partial charge >= 0.3 is 0 Å². The van der Waals surface area contributed by atoms with Crippen LogP contribution in [0, 0.1) is 5.92 Å². The number of rotatable bonds is 5. The molecule has 1 aliphatic carbocycles. The zero-order valence-corrected chi connectivity index (χ0v) is 10.4. The number of nitrogens with zero attached hydrogens (tertiary/aromatic N) is 2. The molecule has 5 nitrogen and oxygen atoms in total. The number of hydrogen-bond donors (Lipinski definition) is 2. The molecular weight excluding hydrogens is 216 g/mol. The highest BCUT2D eigenvalue weighted by Crippen LogP contribution is 2.39. The van der Waals surface area contributed by atoms with Crippen molar-refractivity contribution in [1.82, 2.24) is 9.55 Å². The van der Waals surface area contributed by atoms with Crippen molar-refractivity contribution in [3.8, 4) is 0 Å². The summed E-state index contributed by atoms with van der Waals surface area (Å²) >= 11 is 0. The van der Waals surface area contributed by atoms with Gasteiger partial charge in [-0.3, -0.25) is 4.79 Å². The van der Waals surface area contributed by atoms with Crippen LogP contribution in [0.4, 0.5) is 0 Å². The van der Waals surface area contributed by atoms with E-state index >= 15 is 0 Å². The Morgan fingerprint density at radius 1 is 1.65 bits per heavy atom. The van der Waals surface area contributed by atoms with Crippen molar-refractivity contribution in [2.24, 2.45) is 17.4 Å². The van der Waals surface area contributed by atoms with E-state index in [0.717, 1.165) is 18.7 Å². The van der Waals surface area contributed by atoms with Gasteiger partial charge < -0.3 is 16.0 Å². The van der Waals surface area contributed by atoms with Crippen LogP contribution in [0.25, 0.3) is 0 Å². The molecule has 0 spiro atoms. The second kappa shape index (κ2) is 4.14. The maximum atomic E-state index is 11.6. The standard InChI is InChI=1S/C12H20N4O/c1-8(2)10-15-5-6-16(10)7-12(14,11(13)17)9-3-4-9/h5-6,8-9H,3-4,7,14H2,1-2H3,(H2,13,17). The summed E-state index contributed by atoms with van der Waals surface area (Å²) in [4.78, 5) is 15.9. The van der Waals surface area contributed by atoms with Crippen LogP contribution in [-0.4, -0.2) is 21.0 Å². The van der Waals surface area contributed by atoms with Gasteiger partial charge in [-0.2, -0.15) is 0 Å². The Bertz CT molecular complexity index is 422. The van der Waals surface area contributed by atoms with Crippen molar-refractivity contribution >= 4 is 5.91 Å². The number of hydrogen-bond acceptors (Lipinski definition) is 3. The topological polar surface area (TPSA) is 86.9 Å². The third kappa shape index (κ3) is 2.20. The van der Waals surface area contributed by atoms with Crippen LogP contribution in [0.5, 0.6) is 0 Å². The van der Waals surface area contributed by atoms with E-state index in [0.29, 0.717) is 12.5 Å². The number of carbonyl (C=O) groups is 1. The molecule has 17 heavy (non-hydrogen) atoms. The van der Waals surface area contributed by atoms with Gasteiger partial charge in [0.25, 0.3) is 0 Å². The van der Waals surface area contributed by atoms with Crippen LogP contribution in [0.2, 0.25) is 0 Å². The van der Waals surface area contributed by atoms with Gasteiger partial charge in [0.1, 0.15) is 11.4 Å². The maximum Gasteiger partial charge on any atom is 0.239 e. The molecule has 0 saturated heterocycles. The Balaban J connectivity index is 2.23. The molecule has 1 heterocycles. The summed E-state index contributed by atoms with van der Waals surface area (Å²) in [7, 11) is 0. The second-order valence-corrected chi connectivity index (χ2v) is 5.25. The zero-order valence-electron chi connectivity index (χ0n) is 10.4. The predicted octanol–water partition coefficient (Wildman–Crippen LogP) is 0.599. The molecule has 2 rings (SSSR count). The molecule has 1 aromatic rings. The minimum absolute atomic E-state index is 0.224. The van der Waals surface area contributed by atoms with E-state index < -0.39 is 11.4 Å². The molecular formula is C12H20N4O. The molecule has 1 atom stereocenters. The Labute approximate surface area is 101 Å². The number of primary amides is 1. The molecule has 5 heteroatoms. The first-order chi connectivity index (χ1) is 7.95. The normalized spacial score (nSPS) is 19.3. The highest BCUT2D eigenvalue weighted by atomic mass is 16.1. The lowest BCUT2D eigenvalue weighted by Crippen LogP contribution is -2.57. The first-order valence-corrected chi connectivity index (χ1v) is 6.05. The molecule has 1 aromatic heterocycles. The summed E-state index contributed by atoms with van der Waals surface area (Å²) in [6.45, 7) is 4.57. The fourth-order valence-electron chi connectivity index (χ4n) is 2.24. The summed E-state index contributed by atoms with van der Waals surface area (Å²) < 4.78 is 1.95. The second-order valence-electron chi connectivity index (χ2n) is 5.25. The molecule has 1 fully saturated rings. The summed E-state index contributed by atoms with van der Waals surface area (Å²) in [6.07, 6.45) is 5.59. The first-order valence-electron chi connectivity index (χ1n) is 6.05. The van der Waals surface area contributed by atoms with Gasteiger partial charge in [0.05, 0.1) is 6.54 Å². The zero-order chi connectivity index (χ0) is 12.6. The van der Waals surface area contributed by atoms with Gasteiger partial charge in [-0.15, -0.1) is 0 Å². The monoisotopic (exact) mass is 236 g/mol. The van der Waals surface area contributed by atoms with E-state index in [1.807, 2.05) is 10.8 Å². The fourth-order valence-corrected chi connectivity index (χ4v) is 2.24. The van der Waals surface area contributed by atoms with Crippen LogP contribution < -0.4 is 11.5 Å². The fraction of sp³-hybridized carbons (Fsp3) is 0.667. The predicted molar refractivity (Wildman–Crippen MR) is 65.2 cm³/mol. The summed E-state index contributed by atoms with van der Waals surface area (Å²) in [5, 5.41) is 0. The number of nitrogens with two attached hydrogens (primary N) is 2. The van der Waals surface area contributed by atoms with E-state index in [4.69, 9.17) is 11.5 Å². The van der Waals surface area contributed by atoms with Gasteiger partial charge in [0.15, 0.2) is 0 Å². The van der Waals surface area contributed by atoms with Crippen molar-refractivity contribution in [2.75, 3.05) is 0 Å². The third-order valence-electron chi connectivity index (χ3n) is 3.46. The molecule has 4 N–H and O–H groups in total. The first kappa shape index (κ1) is 12.1. The third-order valence-corrected chi connectivity index (χ3v) is 3.46. The molecule has 94 valence electrons. The van der Waals surface area contributed by atoms with Crippen LogP contribution >= 0.6 is 0 Å². The quantitative estimate of drug-likeness (QED) is 0.784. The van der Waals surface area contributed by atoms with Gasteiger partial charge in [0, 0.05) is 18.3 Å². The smallest absolute Gasteiger partial charge is 0.239 e. The Morgan fingerprint density at radius 3 is 2.76 bits per heavy atom. The van der Waals surface area contributed by atoms with Gasteiger partial charge in [-0.05, 0) is 18.8 Å². The van der Waals surface area contributed by atoms with Crippen molar-refractivity contribution in [2.45, 2.75) is 44.7 Å². The van der Waals surface area contributed by atoms with Crippen molar-refractivity contribution < 1.29 is 4.79 Å². The summed E-state index contributed by atoms with van der Waals surface area (Å²) in [5.41, 5.74) is 10.7. The highest BCUT2D eigenvalue weighted by Gasteiger charge is 2.47. The molecule has 1 aliphatic rings. The highest BCUT2D eigenvalue weighted by molar-refractivity contribution is 5.85. The van der Waals surface area contributed by atoms with E-state index in [1.165, 1.54) is 0 Å². The molecule has 1 saturated carbocycles. The minimum atomic E-state index is -0.926. The lowest BCUT2D eigenvalue weighted by Gasteiger charge is -2.27. The van der Waals surface area contributed by atoms with Gasteiger partial charge in [0.2, 0.25) is 5.91 Å². The number of amides is 1. The summed E-state index contributed by atoms with van der Waals surface area (Å²) in [6, 6.07) is 0. The Morgan fingerprint density at radius 2 is 2.29 bits per heavy atom. The van der Waals surface area contributed by atoms with Gasteiger partial charge in [-0.25, -0.2) is 4.98 Å². The van der Waals surface area contributed by atoms with Crippen molar-refractivity contribution in [3.63, 3.8) is 0 Å². The van der Waals surface area contributed by atoms with Crippen LogP contribution in [-0.2, 0) is 11.3 Å². The van der Waals surface area contributed by atoms with Crippen molar-refractivity contribution in [1.29, 1.82) is 0 Å². The van der Waals surface area contributed by atoms with Gasteiger partial charge in [-0.1, -0.05) is 13.8 Å². The maximum absolute atomic E-state index is 11.6. The molecule has 1 unspecified atom stereocenters.